The molecule has 0 amide bonds. The van der Waals surface area contributed by atoms with E-state index < -0.39 is 0 Å². The average Bonchev–Trinajstić information content (AvgIpc) is 3.81. The monoisotopic (exact) mass is 647 g/mol. The first-order chi connectivity index (χ1) is 22.9. The molecule has 1 atom stereocenters. The van der Waals surface area contributed by atoms with E-state index in [1.54, 1.807) is 12.1 Å². The number of benzene rings is 3. The van der Waals surface area contributed by atoms with E-state index in [0.29, 0.717) is 17.2 Å². The van der Waals surface area contributed by atoms with Crippen LogP contribution >= 0.6 is 12.6 Å². The molecule has 5 heteroatoms. The van der Waals surface area contributed by atoms with Crippen LogP contribution in [0.1, 0.15) is 91.8 Å². The van der Waals surface area contributed by atoms with Crippen molar-refractivity contribution in [3.05, 3.63) is 118 Å². The molecule has 3 aromatic rings. The Morgan fingerprint density at radius 3 is 2.30 bits per heavy atom. The summed E-state index contributed by atoms with van der Waals surface area (Å²) in [6.07, 6.45) is 16.0. The highest BCUT2D eigenvalue weighted by Crippen LogP contribution is 2.40. The van der Waals surface area contributed by atoms with E-state index in [2.05, 4.69) is 61.2 Å². The lowest BCUT2D eigenvalue weighted by Crippen LogP contribution is -2.23. The molecule has 47 heavy (non-hydrogen) atoms. The summed E-state index contributed by atoms with van der Waals surface area (Å²) in [5.74, 6) is 2.30. The van der Waals surface area contributed by atoms with Crippen molar-refractivity contribution in [2.75, 3.05) is 26.2 Å². The van der Waals surface area contributed by atoms with Crippen molar-refractivity contribution in [3.63, 3.8) is 0 Å². The zero-order valence-corrected chi connectivity index (χ0v) is 28.9. The molecule has 1 unspecified atom stereocenters. The van der Waals surface area contributed by atoms with Gasteiger partial charge in [-0.05, 0) is 135 Å². The zero-order chi connectivity index (χ0) is 32.6. The lowest BCUT2D eigenvalue weighted by Gasteiger charge is -2.25. The minimum absolute atomic E-state index is 0.353. The average molecular weight is 648 g/mol. The Labute approximate surface area is 287 Å². The van der Waals surface area contributed by atoms with Crippen molar-refractivity contribution in [1.82, 2.24) is 4.90 Å². The van der Waals surface area contributed by atoms with Gasteiger partial charge in [0.1, 0.15) is 11.5 Å². The molecule has 1 saturated carbocycles. The van der Waals surface area contributed by atoms with Crippen LogP contribution in [0.15, 0.2) is 96.1 Å². The molecule has 1 saturated heterocycles. The molecule has 1 aliphatic heterocycles. The van der Waals surface area contributed by atoms with Crippen LogP contribution in [0.5, 0.6) is 11.5 Å². The number of aryl methyl sites for hydroxylation is 1. The van der Waals surface area contributed by atoms with E-state index in [1.807, 2.05) is 30.3 Å². The summed E-state index contributed by atoms with van der Waals surface area (Å²) in [7, 11) is 0. The summed E-state index contributed by atoms with van der Waals surface area (Å²) < 4.78 is 11.9. The Hall–Kier alpha value is -3.54. The molecular formula is C42H49NO3S. The summed E-state index contributed by atoms with van der Waals surface area (Å²) in [5, 5.41) is 0. The number of rotatable bonds is 12. The highest BCUT2D eigenvalue weighted by Gasteiger charge is 2.22. The predicted octanol–water partition coefficient (Wildman–Crippen LogP) is 10.3. The second-order valence-corrected chi connectivity index (χ2v) is 14.1. The molecule has 3 aromatic carbocycles. The van der Waals surface area contributed by atoms with Gasteiger partial charge in [0, 0.05) is 11.4 Å². The fourth-order valence-electron chi connectivity index (χ4n) is 7.40. The van der Waals surface area contributed by atoms with Gasteiger partial charge in [-0.3, -0.25) is 4.90 Å². The van der Waals surface area contributed by atoms with Crippen LogP contribution in [0, 0.1) is 18.8 Å². The van der Waals surface area contributed by atoms with E-state index in [1.165, 1.54) is 68.3 Å². The zero-order valence-electron chi connectivity index (χ0n) is 28.0. The smallest absolute Gasteiger partial charge is 0.343 e. The number of likely N-dealkylation sites (tertiary alicyclic amines) is 1. The second kappa shape index (κ2) is 16.0. The van der Waals surface area contributed by atoms with E-state index >= 15 is 0 Å². The number of carbonyl (C=O) groups excluding carboxylic acids is 1. The van der Waals surface area contributed by atoms with E-state index in [9.17, 15) is 4.79 Å². The van der Waals surface area contributed by atoms with Crippen LogP contribution in [0.4, 0.5) is 0 Å². The fourth-order valence-corrected chi connectivity index (χ4v) is 7.76. The van der Waals surface area contributed by atoms with Crippen LogP contribution < -0.4 is 9.47 Å². The molecule has 0 bridgehead atoms. The number of hydrogen-bond donors (Lipinski definition) is 1. The largest absolute Gasteiger partial charge is 0.494 e. The molecule has 1 heterocycles. The van der Waals surface area contributed by atoms with Gasteiger partial charge in [-0.2, -0.15) is 0 Å². The SMILES string of the molecule is CC1=CC(C/C(=C(/S)c2ccc(OCCC3CCCC3)cc2)c2ccc(OC(=O)c3ccccc3)cc2C)CC=C1CN1CCCC1. The van der Waals surface area contributed by atoms with Crippen LogP contribution in [0.2, 0.25) is 0 Å². The van der Waals surface area contributed by atoms with Crippen molar-refractivity contribution < 1.29 is 14.3 Å². The fraction of sp³-hybridized carbons (Fsp3) is 0.405. The summed E-state index contributed by atoms with van der Waals surface area (Å²) >= 11 is 5.19. The minimum atomic E-state index is -0.353. The third kappa shape index (κ3) is 8.88. The maximum Gasteiger partial charge on any atom is 0.343 e. The van der Waals surface area contributed by atoms with E-state index in [4.69, 9.17) is 22.1 Å². The lowest BCUT2D eigenvalue weighted by atomic mass is 9.83. The van der Waals surface area contributed by atoms with E-state index in [0.717, 1.165) is 65.7 Å². The summed E-state index contributed by atoms with van der Waals surface area (Å²) in [5.41, 5.74) is 7.87. The van der Waals surface area contributed by atoms with Crippen molar-refractivity contribution >= 4 is 29.1 Å². The quantitative estimate of drug-likeness (QED) is 0.0919. The third-order valence-corrected chi connectivity index (χ3v) is 10.7. The molecule has 246 valence electrons. The van der Waals surface area contributed by atoms with Gasteiger partial charge < -0.3 is 9.47 Å². The predicted molar refractivity (Wildman–Crippen MR) is 197 cm³/mol. The first-order valence-electron chi connectivity index (χ1n) is 17.6. The first kappa shape index (κ1) is 33.4. The van der Waals surface area contributed by atoms with Crippen LogP contribution in [-0.4, -0.2) is 37.1 Å². The maximum atomic E-state index is 12.8. The van der Waals surface area contributed by atoms with Gasteiger partial charge >= 0.3 is 5.97 Å². The highest BCUT2D eigenvalue weighted by molar-refractivity contribution is 7.90. The van der Waals surface area contributed by atoms with Gasteiger partial charge in [0.05, 0.1) is 12.2 Å². The Morgan fingerprint density at radius 2 is 1.60 bits per heavy atom. The van der Waals surface area contributed by atoms with E-state index in [-0.39, 0.29) is 5.97 Å². The van der Waals surface area contributed by atoms with Crippen molar-refractivity contribution in [2.45, 2.75) is 71.6 Å². The van der Waals surface area contributed by atoms with Crippen LogP contribution in [0.25, 0.3) is 10.5 Å². The minimum Gasteiger partial charge on any atom is -0.494 e. The number of allylic oxidation sites excluding steroid dienone is 3. The molecular weight excluding hydrogens is 599 g/mol. The Morgan fingerprint density at radius 1 is 0.872 bits per heavy atom. The maximum absolute atomic E-state index is 12.8. The Balaban J connectivity index is 1.22. The van der Waals surface area contributed by atoms with Crippen molar-refractivity contribution in [3.8, 4) is 11.5 Å². The van der Waals surface area contributed by atoms with Crippen LogP contribution in [-0.2, 0) is 0 Å². The molecule has 0 aromatic heterocycles. The number of nitrogens with zero attached hydrogens (tertiary/aromatic N) is 1. The normalized spacial score (nSPS) is 19.3. The number of carbonyl (C=O) groups is 1. The molecule has 0 spiro atoms. The molecule has 4 nitrogen and oxygen atoms in total. The third-order valence-electron chi connectivity index (χ3n) is 10.1. The van der Waals surface area contributed by atoms with Gasteiger partial charge in [-0.1, -0.05) is 79.8 Å². The Kier molecular flexibility index (Phi) is 11.4. The van der Waals surface area contributed by atoms with Gasteiger partial charge in [0.25, 0.3) is 0 Å². The Bertz CT molecular complexity index is 1610. The topological polar surface area (TPSA) is 38.8 Å². The van der Waals surface area contributed by atoms with Gasteiger partial charge in [-0.15, -0.1) is 12.6 Å². The van der Waals surface area contributed by atoms with Crippen LogP contribution in [0.3, 0.4) is 0 Å². The number of thiol groups is 1. The summed E-state index contributed by atoms with van der Waals surface area (Å²) in [6.45, 7) is 8.63. The van der Waals surface area contributed by atoms with Crippen molar-refractivity contribution in [2.24, 2.45) is 11.8 Å². The summed E-state index contributed by atoms with van der Waals surface area (Å²) in [4.78, 5) is 16.3. The lowest BCUT2D eigenvalue weighted by molar-refractivity contribution is 0.0734. The summed E-state index contributed by atoms with van der Waals surface area (Å²) in [6, 6.07) is 23.5. The van der Waals surface area contributed by atoms with Gasteiger partial charge in [0.15, 0.2) is 0 Å². The molecule has 0 N–H and O–H groups in total. The highest BCUT2D eigenvalue weighted by atomic mass is 32.1. The standard InChI is InChI=1S/C42H49NO3S/c1-30-26-33(14-15-36(30)29-43-23-8-9-24-43)28-40(39-21-20-38(27-31(39)2)46-42(44)35-12-4-3-5-13-35)41(47)34-16-18-37(19-17-34)45-25-22-32-10-6-7-11-32/h3-5,12-13,15-21,26-27,32-33,47H,6-11,14,22-25,28-29H2,1-2H3/b41-40-. The molecule has 3 aliphatic rings. The molecule has 2 fully saturated rings. The molecule has 0 radical (unpaired) electrons. The van der Waals surface area contributed by atoms with Gasteiger partial charge in [0.2, 0.25) is 0 Å². The number of ether oxygens (including phenoxy) is 2. The van der Waals surface area contributed by atoms with Gasteiger partial charge in [-0.25, -0.2) is 4.79 Å². The number of hydrogen-bond acceptors (Lipinski definition) is 5. The number of esters is 1. The van der Waals surface area contributed by atoms with Crippen molar-refractivity contribution in [1.29, 1.82) is 0 Å². The molecule has 2 aliphatic carbocycles. The molecule has 6 rings (SSSR count). The second-order valence-electron chi connectivity index (χ2n) is 13.6. The first-order valence-corrected chi connectivity index (χ1v) is 18.0.